The van der Waals surface area contributed by atoms with Crippen molar-refractivity contribution in [2.45, 2.75) is 39.7 Å². The van der Waals surface area contributed by atoms with E-state index in [1.54, 1.807) is 14.2 Å². The minimum Gasteiger partial charge on any atom is -0.496 e. The lowest BCUT2D eigenvalue weighted by molar-refractivity contribution is 0.152. The third-order valence-electron chi connectivity index (χ3n) is 4.48. The highest BCUT2D eigenvalue weighted by atomic mass is 16.5. The topological polar surface area (TPSA) is 21.7 Å². The molecule has 2 rings (SSSR count). The number of methoxy groups -OCH3 is 2. The van der Waals surface area contributed by atoms with Gasteiger partial charge in [0.15, 0.2) is 0 Å². The third-order valence-corrected chi connectivity index (χ3v) is 4.48. The lowest BCUT2D eigenvalue weighted by atomic mass is 9.96. The van der Waals surface area contributed by atoms with Gasteiger partial charge in [-0.05, 0) is 54.5 Å². The van der Waals surface area contributed by atoms with E-state index < -0.39 is 0 Å². The summed E-state index contributed by atoms with van der Waals surface area (Å²) in [4.78, 5) is 2.54. The van der Waals surface area contributed by atoms with Gasteiger partial charge in [0.2, 0.25) is 0 Å². The maximum atomic E-state index is 5.53. The van der Waals surface area contributed by atoms with E-state index in [1.165, 1.54) is 29.7 Å². The second kappa shape index (κ2) is 7.28. The van der Waals surface area contributed by atoms with Crippen LogP contribution in [0, 0.1) is 12.8 Å². The Morgan fingerprint density at radius 2 is 2.05 bits per heavy atom. The van der Waals surface area contributed by atoms with Crippen molar-refractivity contribution in [1.29, 1.82) is 0 Å². The van der Waals surface area contributed by atoms with Gasteiger partial charge in [-0.25, -0.2) is 0 Å². The summed E-state index contributed by atoms with van der Waals surface area (Å²) in [5, 5.41) is 0. The molecule has 1 aromatic carbocycles. The number of benzene rings is 1. The van der Waals surface area contributed by atoms with E-state index in [-0.39, 0.29) is 0 Å². The zero-order valence-electron chi connectivity index (χ0n) is 14.1. The van der Waals surface area contributed by atoms with Crippen molar-refractivity contribution in [1.82, 2.24) is 4.90 Å². The van der Waals surface area contributed by atoms with E-state index >= 15 is 0 Å². The Labute approximate surface area is 129 Å². The molecule has 0 radical (unpaired) electrons. The molecule has 0 aromatic heterocycles. The highest BCUT2D eigenvalue weighted by molar-refractivity contribution is 5.43. The Balaban J connectivity index is 2.11. The molecule has 1 atom stereocenters. The summed E-state index contributed by atoms with van der Waals surface area (Å²) in [7, 11) is 3.56. The molecule has 0 N–H and O–H groups in total. The monoisotopic (exact) mass is 291 g/mol. The van der Waals surface area contributed by atoms with Crippen LogP contribution in [-0.2, 0) is 11.3 Å². The molecule has 1 aromatic rings. The maximum Gasteiger partial charge on any atom is 0.122 e. The molecule has 3 nitrogen and oxygen atoms in total. The first-order valence-electron chi connectivity index (χ1n) is 7.93. The fourth-order valence-electron chi connectivity index (χ4n) is 3.21. The third kappa shape index (κ3) is 3.98. The van der Waals surface area contributed by atoms with Gasteiger partial charge in [-0.3, -0.25) is 4.90 Å². The van der Waals surface area contributed by atoms with Gasteiger partial charge in [0.05, 0.1) is 13.7 Å². The van der Waals surface area contributed by atoms with Crippen molar-refractivity contribution in [2.24, 2.45) is 5.92 Å². The predicted octanol–water partition coefficient (Wildman–Crippen LogP) is 3.60. The summed E-state index contributed by atoms with van der Waals surface area (Å²) in [6.07, 6.45) is 1.25. The molecule has 21 heavy (non-hydrogen) atoms. The quantitative estimate of drug-likeness (QED) is 0.799. The summed E-state index contributed by atoms with van der Waals surface area (Å²) < 4.78 is 10.8. The molecule has 1 aliphatic heterocycles. The van der Waals surface area contributed by atoms with E-state index in [1.807, 2.05) is 0 Å². The normalized spacial score (nSPS) is 19.4. The predicted molar refractivity (Wildman–Crippen MR) is 87.1 cm³/mol. The van der Waals surface area contributed by atoms with Gasteiger partial charge in [0.25, 0.3) is 0 Å². The van der Waals surface area contributed by atoms with Gasteiger partial charge in [0, 0.05) is 20.2 Å². The molecule has 3 heteroatoms. The van der Waals surface area contributed by atoms with Crippen LogP contribution in [0.4, 0.5) is 0 Å². The van der Waals surface area contributed by atoms with Gasteiger partial charge in [-0.15, -0.1) is 0 Å². The van der Waals surface area contributed by atoms with Crippen LogP contribution in [0.2, 0.25) is 0 Å². The van der Waals surface area contributed by atoms with E-state index in [4.69, 9.17) is 9.47 Å². The average molecular weight is 291 g/mol. The Bertz CT molecular complexity index is 471. The summed E-state index contributed by atoms with van der Waals surface area (Å²) in [6.45, 7) is 10.9. The van der Waals surface area contributed by atoms with E-state index in [0.29, 0.717) is 11.8 Å². The van der Waals surface area contributed by atoms with Crippen LogP contribution >= 0.6 is 0 Å². The highest BCUT2D eigenvalue weighted by Gasteiger charge is 2.23. The number of aryl methyl sites for hydroxylation is 1. The smallest absolute Gasteiger partial charge is 0.122 e. The summed E-state index contributed by atoms with van der Waals surface area (Å²) >= 11 is 0. The zero-order chi connectivity index (χ0) is 15.4. The van der Waals surface area contributed by atoms with E-state index in [2.05, 4.69) is 37.8 Å². The minimum absolute atomic E-state index is 0.485. The Kier molecular flexibility index (Phi) is 5.65. The van der Waals surface area contributed by atoms with Crippen molar-refractivity contribution in [3.05, 3.63) is 28.8 Å². The van der Waals surface area contributed by atoms with Crippen LogP contribution in [0.1, 0.15) is 42.9 Å². The largest absolute Gasteiger partial charge is 0.496 e. The van der Waals surface area contributed by atoms with Crippen LogP contribution in [0.25, 0.3) is 0 Å². The molecule has 1 aliphatic rings. The second-order valence-electron chi connectivity index (χ2n) is 6.52. The molecule has 118 valence electrons. The number of ether oxygens (including phenoxy) is 2. The Morgan fingerprint density at radius 3 is 2.67 bits per heavy atom. The molecule has 0 aliphatic carbocycles. The molecule has 0 bridgehead atoms. The number of hydrogen-bond acceptors (Lipinski definition) is 3. The van der Waals surface area contributed by atoms with E-state index in [9.17, 15) is 0 Å². The lowest BCUT2D eigenvalue weighted by Gasteiger charge is -2.20. The van der Waals surface area contributed by atoms with Crippen molar-refractivity contribution < 1.29 is 9.47 Å². The summed E-state index contributed by atoms with van der Waals surface area (Å²) in [6, 6.07) is 4.52. The fraction of sp³-hybridized carbons (Fsp3) is 0.667. The van der Waals surface area contributed by atoms with Crippen LogP contribution in [0.3, 0.4) is 0 Å². The van der Waals surface area contributed by atoms with Gasteiger partial charge < -0.3 is 9.47 Å². The van der Waals surface area contributed by atoms with Crippen molar-refractivity contribution in [3.63, 3.8) is 0 Å². The molecule has 0 amide bonds. The highest BCUT2D eigenvalue weighted by Crippen LogP contribution is 2.31. The van der Waals surface area contributed by atoms with E-state index in [0.717, 1.165) is 25.4 Å². The lowest BCUT2D eigenvalue weighted by Crippen LogP contribution is -2.22. The SMILES string of the molecule is COC[C@@H]1CCN(Cc2cc(C(C)C)c(OC)cc2C)C1. The molecule has 0 unspecified atom stereocenters. The Hall–Kier alpha value is -1.06. The van der Waals surface area contributed by atoms with Crippen LogP contribution in [0.5, 0.6) is 5.75 Å². The minimum atomic E-state index is 0.485. The molecule has 1 saturated heterocycles. The first kappa shape index (κ1) is 16.3. The maximum absolute atomic E-state index is 5.53. The molecular formula is C18H29NO2. The Morgan fingerprint density at radius 1 is 1.29 bits per heavy atom. The van der Waals surface area contributed by atoms with Crippen molar-refractivity contribution in [2.75, 3.05) is 33.9 Å². The number of likely N-dealkylation sites (tertiary alicyclic amines) is 1. The van der Waals surface area contributed by atoms with Gasteiger partial charge in [-0.1, -0.05) is 19.9 Å². The standard InChI is InChI=1S/C18H29NO2/c1-13(2)17-9-16(14(3)8-18(17)21-5)11-19-7-6-15(10-19)12-20-4/h8-9,13,15H,6-7,10-12H2,1-5H3/t15-/m1/s1. The van der Waals surface area contributed by atoms with Gasteiger partial charge >= 0.3 is 0 Å². The van der Waals surface area contributed by atoms with Gasteiger partial charge in [-0.2, -0.15) is 0 Å². The molecule has 1 fully saturated rings. The van der Waals surface area contributed by atoms with Crippen molar-refractivity contribution in [3.8, 4) is 5.75 Å². The number of hydrogen-bond donors (Lipinski definition) is 0. The first-order valence-corrected chi connectivity index (χ1v) is 7.93. The van der Waals surface area contributed by atoms with Crippen LogP contribution < -0.4 is 4.74 Å². The van der Waals surface area contributed by atoms with Gasteiger partial charge in [0.1, 0.15) is 5.75 Å². The second-order valence-corrected chi connectivity index (χ2v) is 6.52. The van der Waals surface area contributed by atoms with Crippen LogP contribution in [-0.4, -0.2) is 38.8 Å². The summed E-state index contributed by atoms with van der Waals surface area (Å²) in [5.41, 5.74) is 4.06. The summed E-state index contributed by atoms with van der Waals surface area (Å²) in [5.74, 6) is 2.20. The molecular weight excluding hydrogens is 262 g/mol. The molecule has 1 heterocycles. The van der Waals surface area contributed by atoms with Crippen molar-refractivity contribution >= 4 is 0 Å². The number of rotatable bonds is 6. The molecule has 0 saturated carbocycles. The molecule has 0 spiro atoms. The average Bonchev–Trinajstić information content (AvgIpc) is 2.88. The zero-order valence-corrected chi connectivity index (χ0v) is 14.1. The van der Waals surface area contributed by atoms with Crippen LogP contribution in [0.15, 0.2) is 12.1 Å². The fourth-order valence-corrected chi connectivity index (χ4v) is 3.21. The number of nitrogens with zero attached hydrogens (tertiary/aromatic N) is 1. The first-order chi connectivity index (χ1) is 10.0.